The Bertz CT molecular complexity index is 668. The van der Waals surface area contributed by atoms with Crippen molar-refractivity contribution in [2.75, 3.05) is 7.11 Å². The lowest BCUT2D eigenvalue weighted by Crippen LogP contribution is -2.05. The second-order valence-corrected chi connectivity index (χ2v) is 5.00. The fourth-order valence-electron chi connectivity index (χ4n) is 2.27. The minimum absolute atomic E-state index is 0.411. The number of hydrogen-bond donors (Lipinski definition) is 1. The molecule has 0 radical (unpaired) electrons. The third-order valence-corrected chi connectivity index (χ3v) is 3.49. The summed E-state index contributed by atoms with van der Waals surface area (Å²) < 4.78 is 16.2. The van der Waals surface area contributed by atoms with Crippen LogP contribution >= 0.6 is 0 Å². The third kappa shape index (κ3) is 3.04. The van der Waals surface area contributed by atoms with Gasteiger partial charge in [0.05, 0.1) is 7.11 Å². The number of carboxylic acids is 1. The minimum atomic E-state index is -0.951. The molecular weight excluding hydrogens is 284 g/mol. The molecule has 1 heterocycles. The van der Waals surface area contributed by atoms with Crippen LogP contribution in [-0.2, 0) is 16.1 Å². The van der Waals surface area contributed by atoms with Crippen LogP contribution in [0.25, 0.3) is 0 Å². The molecule has 0 saturated carbocycles. The topological polar surface area (TPSA) is 68.3 Å². The molecule has 2 atom stereocenters. The first kappa shape index (κ1) is 14.4. The first-order valence-electron chi connectivity index (χ1n) is 6.92. The zero-order valence-electron chi connectivity index (χ0n) is 12.1. The maximum absolute atomic E-state index is 10.9. The summed E-state index contributed by atoms with van der Waals surface area (Å²) in [5.41, 5.74) is 1.82. The molecule has 1 fully saturated rings. The van der Waals surface area contributed by atoms with E-state index in [1.807, 2.05) is 30.3 Å². The van der Waals surface area contributed by atoms with Crippen LogP contribution in [0.5, 0.6) is 11.5 Å². The van der Waals surface area contributed by atoms with Gasteiger partial charge in [-0.1, -0.05) is 36.4 Å². The van der Waals surface area contributed by atoms with Crippen molar-refractivity contribution >= 4 is 5.97 Å². The minimum Gasteiger partial charge on any atom is -0.493 e. The van der Waals surface area contributed by atoms with Gasteiger partial charge >= 0.3 is 5.97 Å². The Labute approximate surface area is 128 Å². The Kier molecular flexibility index (Phi) is 3.98. The van der Waals surface area contributed by atoms with E-state index in [2.05, 4.69) is 0 Å². The van der Waals surface area contributed by atoms with Crippen LogP contribution in [0.15, 0.2) is 48.5 Å². The van der Waals surface area contributed by atoms with Crippen molar-refractivity contribution in [2.45, 2.75) is 18.8 Å². The van der Waals surface area contributed by atoms with Gasteiger partial charge in [0, 0.05) is 0 Å². The summed E-state index contributed by atoms with van der Waals surface area (Å²) in [6.07, 6.45) is -1.18. The Balaban J connectivity index is 1.75. The second kappa shape index (κ2) is 6.07. The molecule has 5 heteroatoms. The highest BCUT2D eigenvalue weighted by atomic mass is 16.6. The lowest BCUT2D eigenvalue weighted by atomic mass is 10.1. The van der Waals surface area contributed by atoms with Gasteiger partial charge in [-0.2, -0.15) is 0 Å². The second-order valence-electron chi connectivity index (χ2n) is 5.00. The number of hydrogen-bond acceptors (Lipinski definition) is 4. The van der Waals surface area contributed by atoms with Crippen LogP contribution in [0.1, 0.15) is 17.2 Å². The molecule has 0 bridgehead atoms. The number of carboxylic acid groups (broad SMARTS) is 1. The molecule has 5 nitrogen and oxygen atoms in total. The van der Waals surface area contributed by atoms with Gasteiger partial charge in [-0.3, -0.25) is 0 Å². The number of rotatable bonds is 6. The molecule has 0 amide bonds. The molecule has 1 aliphatic heterocycles. The average Bonchev–Trinajstić information content (AvgIpc) is 3.34. The van der Waals surface area contributed by atoms with E-state index in [1.54, 1.807) is 25.3 Å². The molecule has 2 aromatic carbocycles. The summed E-state index contributed by atoms with van der Waals surface area (Å²) >= 11 is 0. The van der Waals surface area contributed by atoms with Crippen LogP contribution in [0.4, 0.5) is 0 Å². The van der Waals surface area contributed by atoms with Gasteiger partial charge in [0.25, 0.3) is 0 Å². The van der Waals surface area contributed by atoms with Gasteiger partial charge in [-0.05, 0) is 23.3 Å². The van der Waals surface area contributed by atoms with Gasteiger partial charge in [-0.25, -0.2) is 4.79 Å². The fourth-order valence-corrected chi connectivity index (χ4v) is 2.27. The number of aliphatic carboxylic acids is 1. The predicted octanol–water partition coefficient (Wildman–Crippen LogP) is 2.80. The number of ether oxygens (including phenoxy) is 3. The predicted molar refractivity (Wildman–Crippen MR) is 79.0 cm³/mol. The average molecular weight is 300 g/mol. The van der Waals surface area contributed by atoms with Crippen LogP contribution in [0, 0.1) is 0 Å². The summed E-state index contributed by atoms with van der Waals surface area (Å²) in [6.45, 7) is 0.411. The molecule has 0 unspecified atom stereocenters. The summed E-state index contributed by atoms with van der Waals surface area (Å²) in [5, 5.41) is 8.93. The molecule has 1 N–H and O–H groups in total. The standard InChI is InChI=1S/C17H16O5/c1-20-13-8-7-12(15-16(22-15)17(18)19)9-14(13)21-10-11-5-3-2-4-6-11/h2-9,15-16H,10H2,1H3,(H,18,19)/t15-,16-/m0/s1. The van der Waals surface area contributed by atoms with Crippen molar-refractivity contribution in [1.82, 2.24) is 0 Å². The highest BCUT2D eigenvalue weighted by Crippen LogP contribution is 2.42. The van der Waals surface area contributed by atoms with E-state index in [1.165, 1.54) is 0 Å². The zero-order chi connectivity index (χ0) is 15.5. The highest BCUT2D eigenvalue weighted by molar-refractivity contribution is 5.76. The molecule has 2 aromatic rings. The maximum Gasteiger partial charge on any atom is 0.335 e. The first-order valence-corrected chi connectivity index (χ1v) is 6.92. The molecule has 22 heavy (non-hydrogen) atoms. The van der Waals surface area contributed by atoms with Crippen LogP contribution < -0.4 is 9.47 Å². The van der Waals surface area contributed by atoms with E-state index >= 15 is 0 Å². The van der Waals surface area contributed by atoms with Crippen LogP contribution in [0.3, 0.4) is 0 Å². The van der Waals surface area contributed by atoms with Crippen molar-refractivity contribution in [3.05, 3.63) is 59.7 Å². The summed E-state index contributed by atoms with van der Waals surface area (Å²) in [4.78, 5) is 10.9. The Morgan fingerprint density at radius 2 is 1.95 bits per heavy atom. The van der Waals surface area contributed by atoms with E-state index < -0.39 is 18.2 Å². The van der Waals surface area contributed by atoms with E-state index in [0.29, 0.717) is 18.1 Å². The summed E-state index contributed by atoms with van der Waals surface area (Å²) in [6, 6.07) is 15.1. The number of methoxy groups -OCH3 is 1. The quantitative estimate of drug-likeness (QED) is 0.831. The van der Waals surface area contributed by atoms with Gasteiger partial charge in [0.2, 0.25) is 0 Å². The SMILES string of the molecule is COc1ccc([C@@H]2O[C@@H]2C(=O)O)cc1OCc1ccccc1. The Morgan fingerprint density at radius 1 is 1.18 bits per heavy atom. The summed E-state index contributed by atoms with van der Waals surface area (Å²) in [5.74, 6) is 0.225. The summed E-state index contributed by atoms with van der Waals surface area (Å²) in [7, 11) is 1.57. The Hall–Kier alpha value is -2.53. The number of benzene rings is 2. The third-order valence-electron chi connectivity index (χ3n) is 3.49. The molecule has 0 spiro atoms. The van der Waals surface area contributed by atoms with E-state index in [0.717, 1.165) is 11.1 Å². The molecule has 1 aliphatic rings. The molecular formula is C17H16O5. The van der Waals surface area contributed by atoms with E-state index in [9.17, 15) is 4.79 Å². The number of epoxide rings is 1. The normalized spacial score (nSPS) is 19.5. The van der Waals surface area contributed by atoms with E-state index in [-0.39, 0.29) is 0 Å². The number of carbonyl (C=O) groups is 1. The zero-order valence-corrected chi connectivity index (χ0v) is 12.1. The lowest BCUT2D eigenvalue weighted by molar-refractivity contribution is -0.138. The molecule has 3 rings (SSSR count). The van der Waals surface area contributed by atoms with Crippen LogP contribution in [-0.4, -0.2) is 24.3 Å². The Morgan fingerprint density at radius 3 is 2.59 bits per heavy atom. The fraction of sp³-hybridized carbons (Fsp3) is 0.235. The lowest BCUT2D eigenvalue weighted by Gasteiger charge is -2.12. The van der Waals surface area contributed by atoms with Gasteiger partial charge in [0.1, 0.15) is 12.7 Å². The van der Waals surface area contributed by atoms with Crippen molar-refractivity contribution < 1.29 is 24.1 Å². The highest BCUT2D eigenvalue weighted by Gasteiger charge is 2.46. The first-order chi connectivity index (χ1) is 10.7. The van der Waals surface area contributed by atoms with Crippen molar-refractivity contribution in [3.63, 3.8) is 0 Å². The van der Waals surface area contributed by atoms with Gasteiger partial charge < -0.3 is 19.3 Å². The molecule has 1 saturated heterocycles. The maximum atomic E-state index is 10.9. The largest absolute Gasteiger partial charge is 0.493 e. The van der Waals surface area contributed by atoms with Crippen molar-refractivity contribution in [3.8, 4) is 11.5 Å². The smallest absolute Gasteiger partial charge is 0.335 e. The van der Waals surface area contributed by atoms with Crippen molar-refractivity contribution in [1.29, 1.82) is 0 Å². The van der Waals surface area contributed by atoms with Gasteiger partial charge in [0.15, 0.2) is 17.6 Å². The van der Waals surface area contributed by atoms with E-state index in [4.69, 9.17) is 19.3 Å². The molecule has 114 valence electrons. The van der Waals surface area contributed by atoms with Gasteiger partial charge in [-0.15, -0.1) is 0 Å². The monoisotopic (exact) mass is 300 g/mol. The van der Waals surface area contributed by atoms with Crippen LogP contribution in [0.2, 0.25) is 0 Å². The molecule has 0 aromatic heterocycles. The molecule has 0 aliphatic carbocycles. The van der Waals surface area contributed by atoms with Crippen molar-refractivity contribution in [2.24, 2.45) is 0 Å².